The third-order valence-corrected chi connectivity index (χ3v) is 9.11. The Balaban J connectivity index is 0. The van der Waals surface area contributed by atoms with Crippen molar-refractivity contribution in [3.8, 4) is 0 Å². The molecule has 1 aromatic rings. The Labute approximate surface area is 272 Å². The summed E-state index contributed by atoms with van der Waals surface area (Å²) in [6.07, 6.45) is 13.0. The van der Waals surface area contributed by atoms with Gasteiger partial charge in [-0.05, 0) is 124 Å². The summed E-state index contributed by atoms with van der Waals surface area (Å²) in [5.74, 6) is 1.96. The Kier molecular flexibility index (Phi) is 31.8. The Morgan fingerprint density at radius 2 is 0.977 bits per heavy atom. The predicted octanol–water partition coefficient (Wildman–Crippen LogP) is 8.36. The summed E-state index contributed by atoms with van der Waals surface area (Å²) in [5, 5.41) is 3.38. The molecule has 5 nitrogen and oxygen atoms in total. The number of hydrogen-bond donors (Lipinski definition) is 1. The molecule has 2 aliphatic rings. The van der Waals surface area contributed by atoms with Crippen LogP contribution in [-0.4, -0.2) is 107 Å². The van der Waals surface area contributed by atoms with E-state index in [1.165, 1.54) is 89.5 Å². The molecular weight excluding hydrogens is 526 g/mol. The fourth-order valence-electron chi connectivity index (χ4n) is 5.37. The molecule has 43 heavy (non-hydrogen) atoms. The lowest BCUT2D eigenvalue weighted by Gasteiger charge is -2.30. The van der Waals surface area contributed by atoms with Crippen molar-refractivity contribution in [1.29, 1.82) is 0 Å². The first-order chi connectivity index (χ1) is 20.7. The van der Waals surface area contributed by atoms with Gasteiger partial charge in [0.05, 0.1) is 0 Å². The molecule has 0 heterocycles. The van der Waals surface area contributed by atoms with E-state index < -0.39 is 0 Å². The molecule has 3 rings (SSSR count). The van der Waals surface area contributed by atoms with E-state index in [1.54, 1.807) is 0 Å². The van der Waals surface area contributed by atoms with Gasteiger partial charge in [0, 0.05) is 25.7 Å². The first-order valence-electron chi connectivity index (χ1n) is 18.2. The molecule has 2 aliphatic carbocycles. The van der Waals surface area contributed by atoms with Crippen LogP contribution in [0.2, 0.25) is 0 Å². The van der Waals surface area contributed by atoms with Crippen LogP contribution in [0.5, 0.6) is 0 Å². The van der Waals surface area contributed by atoms with Crippen LogP contribution in [0.3, 0.4) is 0 Å². The summed E-state index contributed by atoms with van der Waals surface area (Å²) >= 11 is 0. The molecule has 0 bridgehead atoms. The molecule has 2 saturated carbocycles. The number of hydrogen-bond acceptors (Lipinski definition) is 5. The van der Waals surface area contributed by atoms with Crippen molar-refractivity contribution in [2.75, 3.05) is 81.1 Å². The van der Waals surface area contributed by atoms with Crippen LogP contribution in [0.1, 0.15) is 112 Å². The first kappa shape index (κ1) is 44.1. The summed E-state index contributed by atoms with van der Waals surface area (Å²) in [7, 11) is 10.8. The van der Waals surface area contributed by atoms with Crippen LogP contribution < -0.4 is 5.32 Å². The fraction of sp³-hybridized carbons (Fsp3) is 0.842. The topological polar surface area (TPSA) is 25.0 Å². The minimum Gasteiger partial charge on any atom is -0.317 e. The average Bonchev–Trinajstić information content (AvgIpc) is 3.07. The quantitative estimate of drug-likeness (QED) is 0.258. The summed E-state index contributed by atoms with van der Waals surface area (Å²) < 4.78 is 0. The van der Waals surface area contributed by atoms with E-state index in [-0.39, 0.29) is 0 Å². The monoisotopic (exact) mass is 606 g/mol. The number of benzene rings is 1. The second-order valence-electron chi connectivity index (χ2n) is 12.5. The molecule has 1 N–H and O–H groups in total. The lowest BCUT2D eigenvalue weighted by atomic mass is 9.86. The third-order valence-electron chi connectivity index (χ3n) is 9.11. The molecule has 0 atom stereocenters. The molecule has 0 aliphatic heterocycles. The number of rotatable bonds is 12. The summed E-state index contributed by atoms with van der Waals surface area (Å²) in [5.41, 5.74) is 1.39. The van der Waals surface area contributed by atoms with Gasteiger partial charge in [-0.2, -0.15) is 0 Å². The van der Waals surface area contributed by atoms with Gasteiger partial charge in [0.15, 0.2) is 0 Å². The van der Waals surface area contributed by atoms with Gasteiger partial charge >= 0.3 is 0 Å². The average molecular weight is 606 g/mol. The highest BCUT2D eigenvalue weighted by atomic mass is 15.1. The minimum absolute atomic E-state index is 0.795. The maximum absolute atomic E-state index is 3.38. The van der Waals surface area contributed by atoms with E-state index in [0.717, 1.165) is 44.1 Å². The molecule has 2 fully saturated rings. The first-order valence-corrected chi connectivity index (χ1v) is 18.2. The SMILES string of the molecule is CC.CCN(C)CC.CCN(C)CC1CCC(NC)CC1.CCN(C)CC1CCCCC1.CCN(C)Cc1ccccc1. The van der Waals surface area contributed by atoms with Crippen LogP contribution in [0.25, 0.3) is 0 Å². The number of nitrogens with one attached hydrogen (secondary N) is 1. The lowest BCUT2D eigenvalue weighted by molar-refractivity contribution is 0.222. The second kappa shape index (κ2) is 31.0. The molecule has 5 heteroatoms. The summed E-state index contributed by atoms with van der Waals surface area (Å²) in [4.78, 5) is 9.41. The highest BCUT2D eigenvalue weighted by molar-refractivity contribution is 5.14. The maximum atomic E-state index is 3.38. The zero-order valence-electron chi connectivity index (χ0n) is 31.4. The van der Waals surface area contributed by atoms with Gasteiger partial charge < -0.3 is 24.9 Å². The van der Waals surface area contributed by atoms with Crippen molar-refractivity contribution in [1.82, 2.24) is 24.9 Å². The fourth-order valence-corrected chi connectivity index (χ4v) is 5.37. The van der Waals surface area contributed by atoms with E-state index >= 15 is 0 Å². The number of nitrogens with zero attached hydrogens (tertiary/aromatic N) is 4. The lowest BCUT2D eigenvalue weighted by Crippen LogP contribution is -2.34. The van der Waals surface area contributed by atoms with Crippen LogP contribution in [-0.2, 0) is 6.54 Å². The molecule has 0 unspecified atom stereocenters. The zero-order valence-corrected chi connectivity index (χ0v) is 31.4. The highest BCUT2D eigenvalue weighted by Gasteiger charge is 2.20. The molecule has 0 aromatic heterocycles. The van der Waals surface area contributed by atoms with Crippen molar-refractivity contribution >= 4 is 0 Å². The molecular formula is C38H79N5. The standard InChI is InChI=1S/C11H24N2.C10H21N.C10H15N.C5H13N.C2H6/c1-4-13(3)9-10-5-7-11(12-2)8-6-10;2*1-3-11(2)9-10-7-5-4-6-8-10;1-4-6(3)5-2;1-2/h10-12H,4-9H2,1-3H3;10H,3-9H2,1-2H3;4-8H,3,9H2,1-2H3;4-5H2,1-3H3;1-2H3. The summed E-state index contributed by atoms with van der Waals surface area (Å²) in [6, 6.07) is 11.3. The van der Waals surface area contributed by atoms with Gasteiger partial charge in [0.1, 0.15) is 0 Å². The van der Waals surface area contributed by atoms with Crippen molar-refractivity contribution in [3.05, 3.63) is 35.9 Å². The summed E-state index contributed by atoms with van der Waals surface area (Å²) in [6.45, 7) is 24.5. The minimum atomic E-state index is 0.795. The molecule has 1 aromatic carbocycles. The van der Waals surface area contributed by atoms with Crippen molar-refractivity contribution < 1.29 is 0 Å². The van der Waals surface area contributed by atoms with E-state index in [4.69, 9.17) is 0 Å². The Bertz CT molecular complexity index is 652. The Morgan fingerprint density at radius 1 is 0.558 bits per heavy atom. The third kappa shape index (κ3) is 26.0. The van der Waals surface area contributed by atoms with Crippen LogP contribution in [0, 0.1) is 11.8 Å². The Morgan fingerprint density at radius 3 is 1.35 bits per heavy atom. The van der Waals surface area contributed by atoms with Crippen LogP contribution in [0.4, 0.5) is 0 Å². The van der Waals surface area contributed by atoms with Gasteiger partial charge in [0.25, 0.3) is 0 Å². The van der Waals surface area contributed by atoms with E-state index in [2.05, 4.69) is 125 Å². The van der Waals surface area contributed by atoms with E-state index in [0.29, 0.717) is 0 Å². The van der Waals surface area contributed by atoms with Gasteiger partial charge in [-0.1, -0.05) is 98.1 Å². The predicted molar refractivity (Wildman–Crippen MR) is 196 cm³/mol. The van der Waals surface area contributed by atoms with E-state index in [1.807, 2.05) is 13.8 Å². The van der Waals surface area contributed by atoms with Gasteiger partial charge in [-0.15, -0.1) is 0 Å². The smallest absolute Gasteiger partial charge is 0.0230 e. The zero-order chi connectivity index (χ0) is 32.9. The molecule has 0 saturated heterocycles. The normalized spacial score (nSPS) is 18.5. The maximum Gasteiger partial charge on any atom is 0.0230 e. The largest absolute Gasteiger partial charge is 0.317 e. The van der Waals surface area contributed by atoms with Crippen molar-refractivity contribution in [2.24, 2.45) is 11.8 Å². The van der Waals surface area contributed by atoms with Gasteiger partial charge in [-0.25, -0.2) is 0 Å². The van der Waals surface area contributed by atoms with E-state index in [9.17, 15) is 0 Å². The van der Waals surface area contributed by atoms with Gasteiger partial charge in [0.2, 0.25) is 0 Å². The molecule has 0 amide bonds. The molecule has 0 radical (unpaired) electrons. The highest BCUT2D eigenvalue weighted by Crippen LogP contribution is 2.25. The van der Waals surface area contributed by atoms with Crippen LogP contribution in [0.15, 0.2) is 30.3 Å². The van der Waals surface area contributed by atoms with Crippen LogP contribution >= 0.6 is 0 Å². The van der Waals surface area contributed by atoms with Gasteiger partial charge in [-0.3, -0.25) is 0 Å². The Hall–Kier alpha value is -0.980. The van der Waals surface area contributed by atoms with Crippen molar-refractivity contribution in [2.45, 2.75) is 119 Å². The molecule has 256 valence electrons. The second-order valence-corrected chi connectivity index (χ2v) is 12.5. The molecule has 0 spiro atoms. The van der Waals surface area contributed by atoms with Crippen molar-refractivity contribution in [3.63, 3.8) is 0 Å².